The van der Waals surface area contributed by atoms with Gasteiger partial charge in [0.15, 0.2) is 0 Å². The molecule has 1 fully saturated rings. The number of hydrogen-bond acceptors (Lipinski definition) is 2. The molecule has 3 heteroatoms. The molecule has 2 nitrogen and oxygen atoms in total. The van der Waals surface area contributed by atoms with E-state index >= 15 is 0 Å². The molecule has 0 radical (unpaired) electrons. The predicted octanol–water partition coefficient (Wildman–Crippen LogP) is 4.34. The second-order valence-corrected chi connectivity index (χ2v) is 6.40. The molecule has 1 unspecified atom stereocenters. The lowest BCUT2D eigenvalue weighted by Gasteiger charge is -2.18. The van der Waals surface area contributed by atoms with Crippen molar-refractivity contribution in [3.8, 4) is 0 Å². The predicted molar refractivity (Wildman–Crippen MR) is 88.1 cm³/mol. The van der Waals surface area contributed by atoms with Crippen LogP contribution in [-0.4, -0.2) is 5.91 Å². The summed E-state index contributed by atoms with van der Waals surface area (Å²) < 4.78 is 0. The van der Waals surface area contributed by atoms with E-state index in [1.807, 2.05) is 22.9 Å². The summed E-state index contributed by atoms with van der Waals surface area (Å²) in [5.41, 5.74) is 3.53. The summed E-state index contributed by atoms with van der Waals surface area (Å²) in [5.74, 6) is 0.574. The highest BCUT2D eigenvalue weighted by Crippen LogP contribution is 2.41. The third-order valence-electron chi connectivity index (χ3n) is 3.80. The van der Waals surface area contributed by atoms with Crippen LogP contribution in [0.4, 0.5) is 0 Å². The van der Waals surface area contributed by atoms with E-state index in [1.54, 1.807) is 17.4 Å². The van der Waals surface area contributed by atoms with E-state index in [4.69, 9.17) is 0 Å². The summed E-state index contributed by atoms with van der Waals surface area (Å²) in [6.07, 6.45) is 5.90. The molecule has 1 aliphatic rings. The van der Waals surface area contributed by atoms with Crippen LogP contribution in [0.3, 0.4) is 0 Å². The molecule has 1 atom stereocenters. The van der Waals surface area contributed by atoms with Crippen LogP contribution in [0.25, 0.3) is 6.08 Å². The van der Waals surface area contributed by atoms with Crippen molar-refractivity contribution >= 4 is 23.3 Å². The van der Waals surface area contributed by atoms with E-state index in [9.17, 15) is 4.79 Å². The Hall–Kier alpha value is -1.87. The van der Waals surface area contributed by atoms with E-state index in [-0.39, 0.29) is 11.9 Å². The smallest absolute Gasteiger partial charge is 0.244 e. The zero-order chi connectivity index (χ0) is 14.7. The third-order valence-corrected chi connectivity index (χ3v) is 4.50. The number of benzene rings is 1. The van der Waals surface area contributed by atoms with Gasteiger partial charge in [0, 0.05) is 6.08 Å². The summed E-state index contributed by atoms with van der Waals surface area (Å²) in [7, 11) is 0. The molecule has 1 N–H and O–H groups in total. The van der Waals surface area contributed by atoms with Gasteiger partial charge in [-0.05, 0) is 59.7 Å². The van der Waals surface area contributed by atoms with Crippen molar-refractivity contribution in [2.75, 3.05) is 0 Å². The summed E-state index contributed by atoms with van der Waals surface area (Å²) in [6, 6.07) is 10.6. The SMILES string of the molecule is Cc1ccc(C(NC(=O)/C=C/c2ccsc2)C2CC2)cc1. The van der Waals surface area contributed by atoms with E-state index in [0.717, 1.165) is 5.56 Å². The molecule has 0 spiro atoms. The van der Waals surface area contributed by atoms with Crippen LogP contribution in [0.5, 0.6) is 0 Å². The molecule has 1 aliphatic carbocycles. The Morgan fingerprint density at radius 3 is 2.67 bits per heavy atom. The van der Waals surface area contributed by atoms with Crippen molar-refractivity contribution in [1.82, 2.24) is 5.32 Å². The van der Waals surface area contributed by atoms with Crippen LogP contribution < -0.4 is 5.32 Å². The second kappa shape index (κ2) is 6.27. The van der Waals surface area contributed by atoms with Gasteiger partial charge in [0.2, 0.25) is 5.91 Å². The third kappa shape index (κ3) is 3.82. The average molecular weight is 297 g/mol. The molecule has 1 aromatic carbocycles. The van der Waals surface area contributed by atoms with E-state index in [2.05, 4.69) is 36.5 Å². The zero-order valence-corrected chi connectivity index (χ0v) is 12.9. The number of aryl methyl sites for hydroxylation is 1. The van der Waals surface area contributed by atoms with Crippen LogP contribution in [0.15, 0.2) is 47.2 Å². The molecule has 0 saturated heterocycles. The molecule has 0 aliphatic heterocycles. The van der Waals surface area contributed by atoms with Crippen LogP contribution in [0.2, 0.25) is 0 Å². The van der Waals surface area contributed by atoms with Gasteiger partial charge in [0.05, 0.1) is 6.04 Å². The van der Waals surface area contributed by atoms with E-state index in [1.165, 1.54) is 24.0 Å². The molecule has 1 aromatic heterocycles. The molecular formula is C18H19NOS. The number of nitrogens with one attached hydrogen (secondary N) is 1. The molecule has 0 bridgehead atoms. The summed E-state index contributed by atoms with van der Waals surface area (Å²) >= 11 is 1.64. The highest BCUT2D eigenvalue weighted by Gasteiger charge is 2.32. The van der Waals surface area contributed by atoms with Crippen molar-refractivity contribution in [2.24, 2.45) is 5.92 Å². The van der Waals surface area contributed by atoms with Crippen molar-refractivity contribution in [1.29, 1.82) is 0 Å². The fourth-order valence-electron chi connectivity index (χ4n) is 2.42. The van der Waals surface area contributed by atoms with Gasteiger partial charge in [-0.15, -0.1) is 0 Å². The van der Waals surface area contributed by atoms with Crippen LogP contribution in [0.1, 0.15) is 35.6 Å². The lowest BCUT2D eigenvalue weighted by molar-refractivity contribution is -0.117. The van der Waals surface area contributed by atoms with Gasteiger partial charge >= 0.3 is 0 Å². The molecule has 1 heterocycles. The molecule has 2 aromatic rings. The van der Waals surface area contributed by atoms with Crippen molar-refractivity contribution in [3.63, 3.8) is 0 Å². The maximum atomic E-state index is 12.1. The first-order chi connectivity index (χ1) is 10.2. The molecule has 1 saturated carbocycles. The van der Waals surface area contributed by atoms with Gasteiger partial charge in [0.1, 0.15) is 0 Å². The highest BCUT2D eigenvalue weighted by atomic mass is 32.1. The number of hydrogen-bond donors (Lipinski definition) is 1. The average Bonchev–Trinajstić information content (AvgIpc) is 3.19. The van der Waals surface area contributed by atoms with Gasteiger partial charge in [-0.3, -0.25) is 4.79 Å². The standard InChI is InChI=1S/C18H19NOS/c1-13-2-5-15(6-3-13)18(16-7-8-16)19-17(20)9-4-14-10-11-21-12-14/h2-6,9-12,16,18H,7-8H2,1H3,(H,19,20)/b9-4+. The van der Waals surface area contributed by atoms with Gasteiger partial charge in [0.25, 0.3) is 0 Å². The molecule has 108 valence electrons. The Morgan fingerprint density at radius 1 is 1.29 bits per heavy atom. The number of carbonyl (C=O) groups excluding carboxylic acids is 1. The Morgan fingerprint density at radius 2 is 2.05 bits per heavy atom. The Kier molecular flexibility index (Phi) is 4.20. The molecule has 21 heavy (non-hydrogen) atoms. The largest absolute Gasteiger partial charge is 0.345 e. The fraction of sp³-hybridized carbons (Fsp3) is 0.278. The minimum absolute atomic E-state index is 0.0151. The topological polar surface area (TPSA) is 29.1 Å². The van der Waals surface area contributed by atoms with Crippen molar-refractivity contribution in [2.45, 2.75) is 25.8 Å². The maximum absolute atomic E-state index is 12.1. The van der Waals surface area contributed by atoms with Gasteiger partial charge in [-0.1, -0.05) is 29.8 Å². The summed E-state index contributed by atoms with van der Waals surface area (Å²) in [6.45, 7) is 2.08. The molecular weight excluding hydrogens is 278 g/mol. The Labute approximate surface area is 129 Å². The normalized spacial score (nSPS) is 16.0. The van der Waals surface area contributed by atoms with Gasteiger partial charge < -0.3 is 5.32 Å². The van der Waals surface area contributed by atoms with Crippen LogP contribution in [0, 0.1) is 12.8 Å². The quantitative estimate of drug-likeness (QED) is 0.817. The lowest BCUT2D eigenvalue weighted by Crippen LogP contribution is -2.28. The highest BCUT2D eigenvalue weighted by molar-refractivity contribution is 7.08. The minimum atomic E-state index is -0.0151. The summed E-state index contributed by atoms with van der Waals surface area (Å²) in [4.78, 5) is 12.1. The number of rotatable bonds is 5. The Balaban J connectivity index is 1.68. The van der Waals surface area contributed by atoms with Gasteiger partial charge in [-0.2, -0.15) is 11.3 Å². The zero-order valence-electron chi connectivity index (χ0n) is 12.1. The first-order valence-electron chi connectivity index (χ1n) is 7.30. The van der Waals surface area contributed by atoms with Crippen LogP contribution in [-0.2, 0) is 4.79 Å². The molecule has 1 amide bonds. The van der Waals surface area contributed by atoms with E-state index in [0.29, 0.717) is 5.92 Å². The first-order valence-corrected chi connectivity index (χ1v) is 8.24. The fourth-order valence-corrected chi connectivity index (χ4v) is 3.05. The van der Waals surface area contributed by atoms with Crippen LogP contribution >= 0.6 is 11.3 Å². The lowest BCUT2D eigenvalue weighted by atomic mass is 10.0. The monoisotopic (exact) mass is 297 g/mol. The first kappa shape index (κ1) is 14.1. The van der Waals surface area contributed by atoms with E-state index < -0.39 is 0 Å². The second-order valence-electron chi connectivity index (χ2n) is 5.62. The molecule has 3 rings (SSSR count). The number of carbonyl (C=O) groups is 1. The van der Waals surface area contributed by atoms with Crippen molar-refractivity contribution in [3.05, 3.63) is 63.9 Å². The number of thiophene rings is 1. The maximum Gasteiger partial charge on any atom is 0.244 e. The Bertz CT molecular complexity index is 624. The number of amides is 1. The summed E-state index contributed by atoms with van der Waals surface area (Å²) in [5, 5.41) is 7.20. The van der Waals surface area contributed by atoms with Gasteiger partial charge in [-0.25, -0.2) is 0 Å². The van der Waals surface area contributed by atoms with Crippen molar-refractivity contribution < 1.29 is 4.79 Å². The minimum Gasteiger partial charge on any atom is -0.345 e.